The second-order valence-corrected chi connectivity index (χ2v) is 8.24. The highest BCUT2D eigenvalue weighted by molar-refractivity contribution is 5.75. The van der Waals surface area contributed by atoms with Crippen molar-refractivity contribution in [3.63, 3.8) is 0 Å². The molecule has 8 nitrogen and oxygen atoms in total. The lowest BCUT2D eigenvalue weighted by atomic mass is 9.93. The maximum atomic E-state index is 11.6. The summed E-state index contributed by atoms with van der Waals surface area (Å²) in [5, 5.41) is 10.8. The molecule has 168 valence electrons. The zero-order valence-corrected chi connectivity index (χ0v) is 18.3. The van der Waals surface area contributed by atoms with Crippen LogP contribution in [0, 0.1) is 0 Å². The predicted octanol–water partition coefficient (Wildman–Crippen LogP) is 3.95. The van der Waals surface area contributed by atoms with E-state index in [1.165, 1.54) is 0 Å². The summed E-state index contributed by atoms with van der Waals surface area (Å²) < 4.78 is 6.07. The number of rotatable bonds is 5. The van der Waals surface area contributed by atoms with E-state index in [0.717, 1.165) is 29.6 Å². The molecule has 3 heterocycles. The normalized spacial score (nSPS) is 15.5. The number of hydrogen-bond acceptors (Lipinski definition) is 6. The third kappa shape index (κ3) is 4.42. The maximum absolute atomic E-state index is 11.6. The molecule has 2 aromatic heterocycles. The highest BCUT2D eigenvalue weighted by atomic mass is 16.5. The summed E-state index contributed by atoms with van der Waals surface area (Å²) in [6.45, 7) is 3.03. The number of ether oxygens (including phenoxy) is 1. The number of fused-ring (bicyclic) bond motifs is 1. The van der Waals surface area contributed by atoms with Crippen molar-refractivity contribution in [1.82, 2.24) is 24.8 Å². The van der Waals surface area contributed by atoms with Crippen LogP contribution in [-0.2, 0) is 4.79 Å². The number of H-pyrrole nitrogens is 1. The smallest absolute Gasteiger partial charge is 0.241 e. The van der Waals surface area contributed by atoms with E-state index in [1.807, 2.05) is 41.3 Å². The second-order valence-electron chi connectivity index (χ2n) is 8.24. The molecule has 2 aromatic carbocycles. The van der Waals surface area contributed by atoms with E-state index in [2.05, 4.69) is 19.9 Å². The van der Waals surface area contributed by atoms with E-state index >= 15 is 0 Å². The Morgan fingerprint density at radius 3 is 2.55 bits per heavy atom. The number of aliphatic hydroxyl groups excluding tert-OH is 1. The topological polar surface area (TPSA) is 104 Å². The van der Waals surface area contributed by atoms with Gasteiger partial charge in [-0.05, 0) is 42.7 Å². The minimum atomic E-state index is -0.870. The van der Waals surface area contributed by atoms with Crippen molar-refractivity contribution < 1.29 is 14.6 Å². The molecule has 1 amide bonds. The lowest BCUT2D eigenvalue weighted by Crippen LogP contribution is -2.36. The van der Waals surface area contributed by atoms with Crippen LogP contribution in [0.2, 0.25) is 0 Å². The summed E-state index contributed by atoms with van der Waals surface area (Å²) in [5.74, 6) is 1.88. The Morgan fingerprint density at radius 2 is 1.82 bits per heavy atom. The number of aromatic amines is 1. The predicted molar refractivity (Wildman–Crippen MR) is 123 cm³/mol. The molecule has 2 N–H and O–H groups in total. The van der Waals surface area contributed by atoms with Crippen LogP contribution < -0.4 is 4.74 Å². The van der Waals surface area contributed by atoms with Gasteiger partial charge in [-0.3, -0.25) is 9.78 Å². The Labute approximate surface area is 191 Å². The van der Waals surface area contributed by atoms with Crippen molar-refractivity contribution in [3.05, 3.63) is 78.0 Å². The fourth-order valence-electron chi connectivity index (χ4n) is 4.25. The number of piperidine rings is 1. The molecular formula is C25H25N5O3. The monoisotopic (exact) mass is 443 g/mol. The van der Waals surface area contributed by atoms with Gasteiger partial charge >= 0.3 is 0 Å². The van der Waals surface area contributed by atoms with Crippen molar-refractivity contribution in [2.75, 3.05) is 13.1 Å². The van der Waals surface area contributed by atoms with Crippen molar-refractivity contribution in [2.24, 2.45) is 0 Å². The van der Waals surface area contributed by atoms with Crippen molar-refractivity contribution >= 4 is 16.9 Å². The summed E-state index contributed by atoms with van der Waals surface area (Å²) in [6.07, 6.45) is 4.08. The van der Waals surface area contributed by atoms with Gasteiger partial charge in [-0.1, -0.05) is 24.3 Å². The third-order valence-corrected chi connectivity index (χ3v) is 6.10. The molecular weight excluding hydrogens is 418 g/mol. The molecule has 4 aromatic rings. The van der Waals surface area contributed by atoms with Crippen LogP contribution in [0.5, 0.6) is 11.6 Å². The van der Waals surface area contributed by atoms with E-state index in [9.17, 15) is 9.90 Å². The van der Waals surface area contributed by atoms with Crippen LogP contribution in [0.3, 0.4) is 0 Å². The summed E-state index contributed by atoms with van der Waals surface area (Å²) >= 11 is 0. The van der Waals surface area contributed by atoms with Crippen LogP contribution in [-0.4, -0.2) is 48.9 Å². The van der Waals surface area contributed by atoms with Crippen molar-refractivity contribution in [2.45, 2.75) is 31.8 Å². The number of carbonyl (C=O) groups excluding carboxylic acids is 1. The third-order valence-electron chi connectivity index (χ3n) is 6.10. The molecule has 0 saturated carbocycles. The average Bonchev–Trinajstić information content (AvgIpc) is 3.29. The highest BCUT2D eigenvalue weighted by Gasteiger charge is 2.26. The Kier molecular flexibility index (Phi) is 5.75. The van der Waals surface area contributed by atoms with Gasteiger partial charge in [0.2, 0.25) is 11.8 Å². The fourth-order valence-corrected chi connectivity index (χ4v) is 4.25. The SMILES string of the molecule is CC(=O)N1CCC(c2nccnc2Oc2ccc(C(O)c3nc4ccccc4[nH]3)cc2)CC1. The number of nitrogens with one attached hydrogen (secondary N) is 1. The average molecular weight is 444 g/mol. The van der Waals surface area contributed by atoms with Crippen LogP contribution in [0.15, 0.2) is 60.9 Å². The standard InChI is InChI=1S/C25H25N5O3/c1-16(31)30-14-10-17(11-15-30)22-25(27-13-12-26-22)33-19-8-6-18(7-9-19)23(32)24-28-20-4-2-3-5-21(20)29-24/h2-9,12-13,17,23,32H,10-11,14-15H2,1H3,(H,28,29). The van der Waals surface area contributed by atoms with Crippen molar-refractivity contribution in [1.29, 1.82) is 0 Å². The van der Waals surface area contributed by atoms with Gasteiger partial charge in [-0.15, -0.1) is 0 Å². The molecule has 0 spiro atoms. The first kappa shape index (κ1) is 21.1. The molecule has 0 aliphatic carbocycles. The summed E-state index contributed by atoms with van der Waals surface area (Å²) in [6, 6.07) is 14.9. The Morgan fingerprint density at radius 1 is 1.09 bits per heavy atom. The minimum absolute atomic E-state index is 0.106. The maximum Gasteiger partial charge on any atom is 0.241 e. The number of likely N-dealkylation sites (tertiary alicyclic amines) is 1. The van der Waals surface area contributed by atoms with Gasteiger partial charge in [0.1, 0.15) is 23.4 Å². The molecule has 1 atom stereocenters. The number of amides is 1. The number of aromatic nitrogens is 4. The second kappa shape index (κ2) is 8.99. The Hall–Kier alpha value is -3.78. The summed E-state index contributed by atoms with van der Waals surface area (Å²) in [4.78, 5) is 30.1. The van der Waals surface area contributed by atoms with E-state index in [4.69, 9.17) is 4.74 Å². The van der Waals surface area contributed by atoms with E-state index in [-0.39, 0.29) is 11.8 Å². The zero-order chi connectivity index (χ0) is 22.8. The number of carbonyl (C=O) groups is 1. The van der Waals surface area contributed by atoms with Crippen LogP contribution >= 0.6 is 0 Å². The molecule has 1 saturated heterocycles. The van der Waals surface area contributed by atoms with Crippen LogP contribution in [0.1, 0.15) is 48.9 Å². The van der Waals surface area contributed by atoms with E-state index in [0.29, 0.717) is 36.1 Å². The summed E-state index contributed by atoms with van der Waals surface area (Å²) in [7, 11) is 0. The fraction of sp³-hybridized carbons (Fsp3) is 0.280. The van der Waals surface area contributed by atoms with Gasteiger partial charge in [0.15, 0.2) is 0 Å². The first-order chi connectivity index (χ1) is 16.1. The van der Waals surface area contributed by atoms with Gasteiger partial charge < -0.3 is 19.7 Å². The lowest BCUT2D eigenvalue weighted by Gasteiger charge is -2.31. The quantitative estimate of drug-likeness (QED) is 0.484. The van der Waals surface area contributed by atoms with Crippen molar-refractivity contribution in [3.8, 4) is 11.6 Å². The van der Waals surface area contributed by atoms with Gasteiger partial charge in [0, 0.05) is 38.3 Å². The molecule has 0 radical (unpaired) electrons. The number of imidazole rings is 1. The molecule has 0 bridgehead atoms. The Balaban J connectivity index is 1.30. The van der Waals surface area contributed by atoms with Gasteiger partial charge in [-0.2, -0.15) is 0 Å². The van der Waals surface area contributed by atoms with Crippen LogP contribution in [0.25, 0.3) is 11.0 Å². The molecule has 1 aliphatic heterocycles. The zero-order valence-electron chi connectivity index (χ0n) is 18.3. The number of aliphatic hydroxyl groups is 1. The molecule has 1 aliphatic rings. The Bertz CT molecular complexity index is 1230. The number of para-hydroxylation sites is 2. The largest absolute Gasteiger partial charge is 0.437 e. The van der Waals surface area contributed by atoms with E-state index < -0.39 is 6.10 Å². The van der Waals surface area contributed by atoms with Gasteiger partial charge in [-0.25, -0.2) is 9.97 Å². The first-order valence-electron chi connectivity index (χ1n) is 11.1. The molecule has 1 fully saturated rings. The molecule has 33 heavy (non-hydrogen) atoms. The number of nitrogens with zero attached hydrogens (tertiary/aromatic N) is 4. The molecule has 8 heteroatoms. The highest BCUT2D eigenvalue weighted by Crippen LogP contribution is 2.34. The summed E-state index contributed by atoms with van der Waals surface area (Å²) in [5.41, 5.74) is 3.22. The van der Waals surface area contributed by atoms with Gasteiger partial charge in [0.05, 0.1) is 11.0 Å². The number of hydrogen-bond donors (Lipinski definition) is 2. The number of benzene rings is 2. The van der Waals surface area contributed by atoms with Gasteiger partial charge in [0.25, 0.3) is 0 Å². The molecule has 5 rings (SSSR count). The lowest BCUT2D eigenvalue weighted by molar-refractivity contribution is -0.129. The van der Waals surface area contributed by atoms with Crippen LogP contribution in [0.4, 0.5) is 0 Å². The first-order valence-corrected chi connectivity index (χ1v) is 11.1. The minimum Gasteiger partial charge on any atom is -0.437 e. The molecule has 1 unspecified atom stereocenters. The van der Waals surface area contributed by atoms with E-state index in [1.54, 1.807) is 31.5 Å².